The number of halogens is 1. The summed E-state index contributed by atoms with van der Waals surface area (Å²) in [5.41, 5.74) is 2.79. The van der Waals surface area contributed by atoms with E-state index in [1.165, 1.54) is 23.3 Å². The Hall–Kier alpha value is -4.30. The molecule has 0 amide bonds. The molecule has 0 unspecified atom stereocenters. The number of fused-ring (bicyclic) bond motifs is 3. The highest BCUT2D eigenvalue weighted by atomic mass is 19.1. The Kier molecular flexibility index (Phi) is 8.88. The van der Waals surface area contributed by atoms with Crippen molar-refractivity contribution in [3.8, 4) is 5.75 Å². The van der Waals surface area contributed by atoms with Crippen molar-refractivity contribution in [1.29, 1.82) is 0 Å². The van der Waals surface area contributed by atoms with Gasteiger partial charge in [0.05, 0.1) is 0 Å². The topological polar surface area (TPSA) is 104 Å². The van der Waals surface area contributed by atoms with Gasteiger partial charge in [-0.05, 0) is 48.9 Å². The van der Waals surface area contributed by atoms with Crippen molar-refractivity contribution >= 4 is 17.7 Å². The van der Waals surface area contributed by atoms with Crippen molar-refractivity contribution in [3.63, 3.8) is 0 Å². The predicted octanol–water partition coefficient (Wildman–Crippen LogP) is 5.28. The first-order chi connectivity index (χ1) is 18.8. The molecular formula is C31H30FNO6. The number of carbonyl (C=O) groups excluding carboxylic acids is 1. The zero-order valence-electron chi connectivity index (χ0n) is 21.3. The molecule has 5 rings (SSSR count). The van der Waals surface area contributed by atoms with E-state index in [-0.39, 0.29) is 23.1 Å². The van der Waals surface area contributed by atoms with Crippen LogP contribution in [0.15, 0.2) is 91.0 Å². The molecule has 0 bridgehead atoms. The lowest BCUT2D eigenvalue weighted by Crippen LogP contribution is -2.49. The standard InChI is InChI=1S/C27H26FNO2.C4H4O4/c28-22-14-12-20(13-15-22)25(30)10-6-17-29-18-16-27(21-7-2-1-3-8-21)24(19-29)23-9-4-5-11-26(23)31-27;5-3(6)1-2-4(7)8/h1-5,7-9,11-15,24H,6,10,16-19H2;1-2H,(H,5,6)(H,7,8)/t24-,27+;/m1./s1. The average molecular weight is 532 g/mol. The first-order valence-electron chi connectivity index (χ1n) is 12.8. The number of aliphatic carboxylic acids is 2. The third kappa shape index (κ3) is 6.78. The molecule has 0 radical (unpaired) electrons. The smallest absolute Gasteiger partial charge is 0.328 e. The summed E-state index contributed by atoms with van der Waals surface area (Å²) in [4.78, 5) is 34.0. The Labute approximate surface area is 226 Å². The Morgan fingerprint density at radius 1 is 0.923 bits per heavy atom. The fourth-order valence-electron chi connectivity index (χ4n) is 5.24. The van der Waals surface area contributed by atoms with Crippen LogP contribution in [0.25, 0.3) is 0 Å². The fraction of sp³-hybridized carbons (Fsp3) is 0.258. The van der Waals surface area contributed by atoms with Gasteiger partial charge in [-0.15, -0.1) is 0 Å². The third-order valence-corrected chi connectivity index (χ3v) is 7.06. The molecule has 39 heavy (non-hydrogen) atoms. The molecule has 3 aromatic rings. The van der Waals surface area contributed by atoms with Crippen LogP contribution in [0.1, 0.15) is 46.7 Å². The minimum Gasteiger partial charge on any atom is -0.482 e. The summed E-state index contributed by atoms with van der Waals surface area (Å²) in [5, 5.41) is 15.6. The molecule has 3 aromatic carbocycles. The summed E-state index contributed by atoms with van der Waals surface area (Å²) < 4.78 is 19.7. The van der Waals surface area contributed by atoms with Gasteiger partial charge in [0.15, 0.2) is 5.78 Å². The van der Waals surface area contributed by atoms with Gasteiger partial charge in [0.1, 0.15) is 17.2 Å². The molecule has 2 atom stereocenters. The van der Waals surface area contributed by atoms with Crippen LogP contribution in [-0.2, 0) is 15.2 Å². The summed E-state index contributed by atoms with van der Waals surface area (Å²) >= 11 is 0. The number of rotatable bonds is 8. The first kappa shape index (κ1) is 27.7. The van der Waals surface area contributed by atoms with E-state index in [1.807, 2.05) is 12.1 Å². The molecule has 2 aliphatic heterocycles. The minimum atomic E-state index is -1.26. The van der Waals surface area contributed by atoms with Gasteiger partial charge in [-0.2, -0.15) is 0 Å². The second-order valence-electron chi connectivity index (χ2n) is 9.54. The lowest BCUT2D eigenvalue weighted by molar-refractivity contribution is -0.134. The number of hydrogen-bond acceptors (Lipinski definition) is 5. The van der Waals surface area contributed by atoms with Crippen LogP contribution in [0.2, 0.25) is 0 Å². The Morgan fingerprint density at radius 3 is 2.23 bits per heavy atom. The van der Waals surface area contributed by atoms with Gasteiger partial charge < -0.3 is 19.8 Å². The van der Waals surface area contributed by atoms with Crippen LogP contribution in [0, 0.1) is 5.82 Å². The van der Waals surface area contributed by atoms with E-state index < -0.39 is 11.9 Å². The molecule has 1 saturated heterocycles. The number of carbonyl (C=O) groups is 3. The fourth-order valence-corrected chi connectivity index (χ4v) is 5.24. The molecule has 7 nitrogen and oxygen atoms in total. The largest absolute Gasteiger partial charge is 0.482 e. The molecule has 8 heteroatoms. The third-order valence-electron chi connectivity index (χ3n) is 7.06. The first-order valence-corrected chi connectivity index (χ1v) is 12.8. The number of ether oxygens (including phenoxy) is 1. The van der Waals surface area contributed by atoms with Gasteiger partial charge in [-0.25, -0.2) is 14.0 Å². The van der Waals surface area contributed by atoms with Gasteiger partial charge in [0.2, 0.25) is 0 Å². The molecule has 0 spiro atoms. The van der Waals surface area contributed by atoms with Crippen LogP contribution >= 0.6 is 0 Å². The molecule has 0 aromatic heterocycles. The SMILES string of the molecule is O=C(CCCN1CC[C@@]2(c3ccccc3)Oc3ccccc3[C@H]2C1)c1ccc(F)cc1.O=C(O)C=CC(=O)O. The van der Waals surface area contributed by atoms with Gasteiger partial charge in [0.25, 0.3) is 0 Å². The summed E-state index contributed by atoms with van der Waals surface area (Å²) in [7, 11) is 0. The number of benzene rings is 3. The highest BCUT2D eigenvalue weighted by molar-refractivity contribution is 5.96. The minimum absolute atomic E-state index is 0.0742. The van der Waals surface area contributed by atoms with E-state index in [9.17, 15) is 18.8 Å². The predicted molar refractivity (Wildman–Crippen MR) is 143 cm³/mol. The highest BCUT2D eigenvalue weighted by Gasteiger charge is 2.52. The summed E-state index contributed by atoms with van der Waals surface area (Å²) in [6.07, 6.45) is 3.31. The van der Waals surface area contributed by atoms with E-state index >= 15 is 0 Å². The van der Waals surface area contributed by atoms with E-state index in [4.69, 9.17) is 14.9 Å². The summed E-state index contributed by atoms with van der Waals surface area (Å²) in [5.74, 6) is -1.49. The number of para-hydroxylation sites is 1. The lowest BCUT2D eigenvalue weighted by atomic mass is 9.74. The Morgan fingerprint density at radius 2 is 1.56 bits per heavy atom. The van der Waals surface area contributed by atoms with Crippen LogP contribution < -0.4 is 4.74 Å². The molecule has 2 aliphatic rings. The summed E-state index contributed by atoms with van der Waals surface area (Å²) in [6, 6.07) is 24.8. The maximum atomic E-state index is 13.1. The van der Waals surface area contributed by atoms with Crippen molar-refractivity contribution < 1.29 is 33.7 Å². The number of likely N-dealkylation sites (tertiary alicyclic amines) is 1. The average Bonchev–Trinajstić information content (AvgIpc) is 3.28. The number of ketones is 1. The molecule has 0 saturated carbocycles. The quantitative estimate of drug-likeness (QED) is 0.301. The zero-order chi connectivity index (χ0) is 27.8. The Balaban J connectivity index is 0.000000386. The summed E-state index contributed by atoms with van der Waals surface area (Å²) in [6.45, 7) is 2.72. The zero-order valence-corrected chi connectivity index (χ0v) is 21.3. The van der Waals surface area contributed by atoms with E-state index in [1.54, 1.807) is 12.1 Å². The van der Waals surface area contributed by atoms with Crippen molar-refractivity contribution in [2.45, 2.75) is 30.8 Å². The normalized spacial score (nSPS) is 19.8. The van der Waals surface area contributed by atoms with E-state index in [2.05, 4.69) is 47.4 Å². The van der Waals surface area contributed by atoms with Crippen molar-refractivity contribution in [1.82, 2.24) is 4.90 Å². The number of piperidine rings is 1. The van der Waals surface area contributed by atoms with Crippen LogP contribution in [0.3, 0.4) is 0 Å². The number of hydrogen-bond donors (Lipinski definition) is 2. The van der Waals surface area contributed by atoms with Gasteiger partial charge in [0, 0.05) is 55.1 Å². The van der Waals surface area contributed by atoms with E-state index in [0.29, 0.717) is 24.1 Å². The molecule has 1 fully saturated rings. The maximum Gasteiger partial charge on any atom is 0.328 e. The maximum absolute atomic E-state index is 13.1. The number of nitrogens with zero attached hydrogens (tertiary/aromatic N) is 1. The van der Waals surface area contributed by atoms with Crippen molar-refractivity contribution in [3.05, 3.63) is 114 Å². The molecular weight excluding hydrogens is 501 g/mol. The van der Waals surface area contributed by atoms with E-state index in [0.717, 1.165) is 38.2 Å². The van der Waals surface area contributed by atoms with Crippen LogP contribution in [0.5, 0.6) is 5.75 Å². The molecule has 0 aliphatic carbocycles. The van der Waals surface area contributed by atoms with Gasteiger partial charge >= 0.3 is 11.9 Å². The second-order valence-corrected chi connectivity index (χ2v) is 9.54. The monoisotopic (exact) mass is 531 g/mol. The van der Waals surface area contributed by atoms with Gasteiger partial charge in [-0.1, -0.05) is 48.5 Å². The highest BCUT2D eigenvalue weighted by Crippen LogP contribution is 2.54. The van der Waals surface area contributed by atoms with Crippen molar-refractivity contribution in [2.75, 3.05) is 19.6 Å². The number of carboxylic acid groups (broad SMARTS) is 2. The van der Waals surface area contributed by atoms with Crippen molar-refractivity contribution in [2.24, 2.45) is 0 Å². The number of Topliss-reactive ketones (excluding diaryl/α,β-unsaturated/α-hetero) is 1. The lowest BCUT2D eigenvalue weighted by Gasteiger charge is -2.43. The van der Waals surface area contributed by atoms with Crippen LogP contribution in [-0.4, -0.2) is 52.5 Å². The van der Waals surface area contributed by atoms with Gasteiger partial charge in [-0.3, -0.25) is 4.79 Å². The number of carboxylic acids is 2. The second kappa shape index (κ2) is 12.5. The molecule has 2 heterocycles. The molecule has 2 N–H and O–H groups in total. The van der Waals surface area contributed by atoms with Crippen LogP contribution in [0.4, 0.5) is 4.39 Å². The Bertz CT molecular complexity index is 1320. The molecule has 202 valence electrons.